The van der Waals surface area contributed by atoms with E-state index in [2.05, 4.69) is 11.3 Å². The fourth-order valence-corrected chi connectivity index (χ4v) is 5.16. The molecular formula is C25H27NO2S. The molecule has 0 radical (unpaired) electrons. The van der Waals surface area contributed by atoms with Crippen molar-refractivity contribution < 1.29 is 8.42 Å². The molecule has 0 saturated carbocycles. The Bertz CT molecular complexity index is 1030. The highest BCUT2D eigenvalue weighted by Crippen LogP contribution is 2.36. The standard InChI is InChI=1S/C25H27NO2S/c1-4-17-25(22-11-7-5-8-12-22,23-13-9-6-10-14-23)19-26-29(27,28)24-16-15-20(2)18-21(24)3/h4-16,18,26H,1,17,19H2,2-3H3. The van der Waals surface area contributed by atoms with Crippen molar-refractivity contribution in [3.05, 3.63) is 114 Å². The van der Waals surface area contributed by atoms with E-state index in [1.54, 1.807) is 6.07 Å². The van der Waals surface area contributed by atoms with Gasteiger partial charge < -0.3 is 0 Å². The average molecular weight is 406 g/mol. The van der Waals surface area contributed by atoms with E-state index >= 15 is 0 Å². The first-order valence-corrected chi connectivity index (χ1v) is 11.2. The highest BCUT2D eigenvalue weighted by molar-refractivity contribution is 7.89. The van der Waals surface area contributed by atoms with Gasteiger partial charge in [-0.05, 0) is 43.0 Å². The third kappa shape index (κ3) is 4.50. The Morgan fingerprint density at radius 2 is 1.45 bits per heavy atom. The van der Waals surface area contributed by atoms with Crippen LogP contribution in [-0.4, -0.2) is 15.0 Å². The molecule has 3 aromatic rings. The van der Waals surface area contributed by atoms with Crippen molar-refractivity contribution in [3.8, 4) is 0 Å². The molecule has 0 amide bonds. The van der Waals surface area contributed by atoms with Crippen LogP contribution in [-0.2, 0) is 15.4 Å². The minimum absolute atomic E-state index is 0.239. The van der Waals surface area contributed by atoms with Gasteiger partial charge in [0, 0.05) is 12.0 Å². The van der Waals surface area contributed by atoms with Crippen LogP contribution in [0.5, 0.6) is 0 Å². The quantitative estimate of drug-likeness (QED) is 0.527. The zero-order valence-corrected chi connectivity index (χ0v) is 17.7. The second-order valence-electron chi connectivity index (χ2n) is 7.40. The maximum Gasteiger partial charge on any atom is 0.240 e. The maximum absolute atomic E-state index is 13.1. The molecule has 0 aliphatic rings. The fourth-order valence-electron chi connectivity index (χ4n) is 3.84. The molecule has 0 spiro atoms. The van der Waals surface area contributed by atoms with Gasteiger partial charge in [-0.1, -0.05) is 84.4 Å². The lowest BCUT2D eigenvalue weighted by Gasteiger charge is -2.34. The molecule has 0 bridgehead atoms. The van der Waals surface area contributed by atoms with Crippen LogP contribution in [0.1, 0.15) is 28.7 Å². The summed E-state index contributed by atoms with van der Waals surface area (Å²) in [7, 11) is -3.66. The van der Waals surface area contributed by atoms with Crippen molar-refractivity contribution in [1.82, 2.24) is 4.72 Å². The van der Waals surface area contributed by atoms with Crippen molar-refractivity contribution >= 4 is 10.0 Å². The van der Waals surface area contributed by atoms with Crippen molar-refractivity contribution in [2.75, 3.05) is 6.54 Å². The van der Waals surface area contributed by atoms with Gasteiger partial charge in [0.05, 0.1) is 4.90 Å². The van der Waals surface area contributed by atoms with Crippen molar-refractivity contribution in [2.24, 2.45) is 0 Å². The first-order valence-electron chi connectivity index (χ1n) is 9.68. The number of allylic oxidation sites excluding steroid dienone is 1. The minimum Gasteiger partial charge on any atom is -0.210 e. The molecule has 0 aliphatic heterocycles. The molecular weight excluding hydrogens is 378 g/mol. The summed E-state index contributed by atoms with van der Waals surface area (Å²) in [6.07, 6.45) is 2.46. The Hall–Kier alpha value is -2.69. The highest BCUT2D eigenvalue weighted by atomic mass is 32.2. The van der Waals surface area contributed by atoms with E-state index in [0.29, 0.717) is 11.3 Å². The molecule has 4 heteroatoms. The molecule has 0 aromatic heterocycles. The van der Waals surface area contributed by atoms with Crippen molar-refractivity contribution in [3.63, 3.8) is 0 Å². The number of aryl methyl sites for hydroxylation is 2. The molecule has 0 fully saturated rings. The van der Waals surface area contributed by atoms with Crippen LogP contribution < -0.4 is 4.72 Å². The van der Waals surface area contributed by atoms with Crippen LogP contribution >= 0.6 is 0 Å². The van der Waals surface area contributed by atoms with Gasteiger partial charge in [0.1, 0.15) is 0 Å². The van der Waals surface area contributed by atoms with Crippen LogP contribution in [0.2, 0.25) is 0 Å². The summed E-state index contributed by atoms with van der Waals surface area (Å²) in [6.45, 7) is 7.97. The van der Waals surface area contributed by atoms with Crippen LogP contribution in [0, 0.1) is 13.8 Å². The Kier molecular flexibility index (Phi) is 6.36. The Morgan fingerprint density at radius 3 is 1.93 bits per heavy atom. The third-order valence-electron chi connectivity index (χ3n) is 5.33. The Morgan fingerprint density at radius 1 is 0.897 bits per heavy atom. The number of sulfonamides is 1. The van der Waals surface area contributed by atoms with E-state index in [0.717, 1.165) is 22.3 Å². The summed E-state index contributed by atoms with van der Waals surface area (Å²) in [5, 5.41) is 0. The van der Waals surface area contributed by atoms with E-state index in [1.165, 1.54) is 0 Å². The summed E-state index contributed by atoms with van der Waals surface area (Å²) in [5.74, 6) is 0. The largest absolute Gasteiger partial charge is 0.240 e. The number of hydrogen-bond donors (Lipinski definition) is 1. The maximum atomic E-state index is 13.1. The summed E-state index contributed by atoms with van der Waals surface area (Å²) < 4.78 is 29.2. The molecule has 29 heavy (non-hydrogen) atoms. The predicted molar refractivity (Wildman–Crippen MR) is 120 cm³/mol. The lowest BCUT2D eigenvalue weighted by atomic mass is 9.72. The first-order chi connectivity index (χ1) is 13.9. The van der Waals surface area contributed by atoms with E-state index in [9.17, 15) is 8.42 Å². The van der Waals surface area contributed by atoms with Gasteiger partial charge in [-0.2, -0.15) is 0 Å². The zero-order chi connectivity index (χ0) is 20.9. The monoisotopic (exact) mass is 405 g/mol. The molecule has 3 aromatic carbocycles. The predicted octanol–water partition coefficient (Wildman–Crippen LogP) is 5.14. The summed E-state index contributed by atoms with van der Waals surface area (Å²) >= 11 is 0. The SMILES string of the molecule is C=CCC(CNS(=O)(=O)c1ccc(C)cc1C)(c1ccccc1)c1ccccc1. The molecule has 0 heterocycles. The van der Waals surface area contributed by atoms with Crippen LogP contribution in [0.4, 0.5) is 0 Å². The van der Waals surface area contributed by atoms with Crippen LogP contribution in [0.3, 0.4) is 0 Å². The molecule has 3 rings (SSSR count). The van der Waals surface area contributed by atoms with E-state index in [1.807, 2.05) is 92.7 Å². The molecule has 0 saturated heterocycles. The van der Waals surface area contributed by atoms with E-state index in [4.69, 9.17) is 0 Å². The molecule has 0 unspecified atom stereocenters. The van der Waals surface area contributed by atoms with E-state index in [-0.39, 0.29) is 6.54 Å². The fraction of sp³-hybridized carbons (Fsp3) is 0.200. The topological polar surface area (TPSA) is 46.2 Å². The molecule has 0 aliphatic carbocycles. The summed E-state index contributed by atoms with van der Waals surface area (Å²) in [5.41, 5.74) is 3.33. The van der Waals surface area contributed by atoms with Gasteiger partial charge in [0.25, 0.3) is 0 Å². The van der Waals surface area contributed by atoms with Gasteiger partial charge in [0.15, 0.2) is 0 Å². The molecule has 150 valence electrons. The summed E-state index contributed by atoms with van der Waals surface area (Å²) in [4.78, 5) is 0.316. The van der Waals surface area contributed by atoms with Crippen LogP contribution in [0.25, 0.3) is 0 Å². The average Bonchev–Trinajstić information content (AvgIpc) is 2.72. The van der Waals surface area contributed by atoms with Crippen molar-refractivity contribution in [1.29, 1.82) is 0 Å². The Labute approximate surface area is 174 Å². The zero-order valence-electron chi connectivity index (χ0n) is 16.9. The second kappa shape index (κ2) is 8.76. The smallest absolute Gasteiger partial charge is 0.210 e. The summed E-state index contributed by atoms with van der Waals surface area (Å²) in [6, 6.07) is 25.4. The number of benzene rings is 3. The number of hydrogen-bond acceptors (Lipinski definition) is 2. The number of nitrogens with one attached hydrogen (secondary N) is 1. The van der Waals surface area contributed by atoms with Gasteiger partial charge in [-0.25, -0.2) is 13.1 Å². The van der Waals surface area contributed by atoms with Crippen LogP contribution in [0.15, 0.2) is 96.4 Å². The first kappa shape index (κ1) is 21.0. The second-order valence-corrected chi connectivity index (χ2v) is 9.14. The lowest BCUT2D eigenvalue weighted by molar-refractivity contribution is 0.499. The minimum atomic E-state index is -3.66. The van der Waals surface area contributed by atoms with E-state index < -0.39 is 15.4 Å². The Balaban J connectivity index is 2.05. The third-order valence-corrected chi connectivity index (χ3v) is 6.89. The highest BCUT2D eigenvalue weighted by Gasteiger charge is 2.34. The van der Waals surface area contributed by atoms with Gasteiger partial charge >= 0.3 is 0 Å². The molecule has 1 N–H and O–H groups in total. The molecule has 3 nitrogen and oxygen atoms in total. The normalized spacial score (nSPS) is 11.9. The van der Waals surface area contributed by atoms with Crippen molar-refractivity contribution in [2.45, 2.75) is 30.6 Å². The van der Waals surface area contributed by atoms with Gasteiger partial charge in [-0.15, -0.1) is 6.58 Å². The van der Waals surface area contributed by atoms with Gasteiger partial charge in [-0.3, -0.25) is 0 Å². The molecule has 0 atom stereocenters. The lowest BCUT2D eigenvalue weighted by Crippen LogP contribution is -2.41. The van der Waals surface area contributed by atoms with Gasteiger partial charge in [0.2, 0.25) is 10.0 Å². The number of rotatable bonds is 8.